The third kappa shape index (κ3) is 9.72. The maximum atomic E-state index is 14.1. The molecule has 0 aromatic heterocycles. The minimum atomic E-state index is -5.00. The Hall–Kier alpha value is -5.05. The van der Waals surface area contributed by atoms with E-state index in [2.05, 4.69) is 10.8 Å². The first-order valence-corrected chi connectivity index (χ1v) is 14.0. The van der Waals surface area contributed by atoms with Gasteiger partial charge in [-0.1, -0.05) is 30.3 Å². The number of nitrogens with zero attached hydrogens (tertiary/aromatic N) is 1. The largest absolute Gasteiger partial charge is 0.514 e. The summed E-state index contributed by atoms with van der Waals surface area (Å²) in [7, 11) is 1.28. The summed E-state index contributed by atoms with van der Waals surface area (Å²) < 4.78 is 68.2. The van der Waals surface area contributed by atoms with Crippen molar-refractivity contribution in [2.75, 3.05) is 7.11 Å². The van der Waals surface area contributed by atoms with E-state index in [1.807, 2.05) is 0 Å². The van der Waals surface area contributed by atoms with Crippen molar-refractivity contribution in [3.63, 3.8) is 0 Å². The first-order valence-electron chi connectivity index (χ1n) is 14.0. The quantitative estimate of drug-likeness (QED) is 0.138. The van der Waals surface area contributed by atoms with Crippen LogP contribution < -0.4 is 9.47 Å². The van der Waals surface area contributed by atoms with Gasteiger partial charge in [-0.15, -0.1) is 0 Å². The highest BCUT2D eigenvalue weighted by Crippen LogP contribution is 2.41. The monoisotopic (exact) mass is 641 g/mol. The van der Waals surface area contributed by atoms with Crippen molar-refractivity contribution in [1.29, 1.82) is 5.26 Å². The van der Waals surface area contributed by atoms with E-state index in [1.165, 1.54) is 48.7 Å². The van der Waals surface area contributed by atoms with E-state index < -0.39 is 59.0 Å². The minimum Gasteiger partial charge on any atom is -0.489 e. The number of halogens is 3. The molecule has 12 heteroatoms. The number of carbonyl (C=O) groups excluding carboxylic acids is 3. The van der Waals surface area contributed by atoms with Crippen LogP contribution in [0.1, 0.15) is 74.2 Å². The molecule has 3 aromatic rings. The summed E-state index contributed by atoms with van der Waals surface area (Å²) in [5, 5.41) is 9.67. The number of rotatable bonds is 8. The SMILES string of the molecule is COC(=O)Cc1ccc(-c2ccc(OCc3ccc(C(F)(F)F)c(OC(=O)OC(C)(C)C)c3C(=O)OC(C)(C)C)cc2)c(C#N)c1. The molecule has 0 unspecified atom stereocenters. The van der Waals surface area contributed by atoms with Crippen LogP contribution in [-0.2, 0) is 38.2 Å². The Balaban J connectivity index is 1.97. The van der Waals surface area contributed by atoms with Crippen LogP contribution in [0.15, 0.2) is 54.6 Å². The Kier molecular flexibility index (Phi) is 10.7. The van der Waals surface area contributed by atoms with Crippen molar-refractivity contribution >= 4 is 18.1 Å². The van der Waals surface area contributed by atoms with E-state index in [0.29, 0.717) is 28.3 Å². The van der Waals surface area contributed by atoms with Gasteiger partial charge in [0.1, 0.15) is 29.1 Å². The van der Waals surface area contributed by atoms with Gasteiger partial charge in [0.05, 0.1) is 30.7 Å². The van der Waals surface area contributed by atoms with E-state index in [-0.39, 0.29) is 17.7 Å². The fraction of sp³-hybridized carbons (Fsp3) is 0.353. The molecule has 0 aliphatic carbocycles. The highest BCUT2D eigenvalue weighted by molar-refractivity contribution is 5.96. The zero-order valence-electron chi connectivity index (χ0n) is 26.5. The maximum absolute atomic E-state index is 14.1. The predicted molar refractivity (Wildman–Crippen MR) is 160 cm³/mol. The summed E-state index contributed by atoms with van der Waals surface area (Å²) in [6.07, 6.45) is -6.42. The van der Waals surface area contributed by atoms with Crippen molar-refractivity contribution in [2.45, 2.75) is 71.9 Å². The molecular formula is C34H34F3NO8. The Bertz CT molecular complexity index is 1640. The fourth-order valence-electron chi connectivity index (χ4n) is 4.16. The second-order valence-electron chi connectivity index (χ2n) is 12.1. The van der Waals surface area contributed by atoms with Gasteiger partial charge in [0.15, 0.2) is 5.75 Å². The molecule has 0 aliphatic heterocycles. The highest BCUT2D eigenvalue weighted by Gasteiger charge is 2.40. The van der Waals surface area contributed by atoms with E-state index in [1.54, 1.807) is 42.5 Å². The average molecular weight is 642 g/mol. The molecule has 0 amide bonds. The molecule has 0 saturated heterocycles. The number of methoxy groups -OCH3 is 1. The van der Waals surface area contributed by atoms with E-state index in [9.17, 15) is 32.8 Å². The summed E-state index contributed by atoms with van der Waals surface area (Å²) in [6, 6.07) is 15.3. The van der Waals surface area contributed by atoms with Crippen molar-refractivity contribution in [3.8, 4) is 28.7 Å². The van der Waals surface area contributed by atoms with Crippen LogP contribution in [-0.4, -0.2) is 36.4 Å². The van der Waals surface area contributed by atoms with E-state index in [0.717, 1.165) is 6.07 Å². The molecule has 244 valence electrons. The molecule has 3 aromatic carbocycles. The van der Waals surface area contributed by atoms with Crippen LogP contribution >= 0.6 is 0 Å². The molecule has 3 rings (SSSR count). The summed E-state index contributed by atoms with van der Waals surface area (Å²) in [5.41, 5.74) is -2.05. The summed E-state index contributed by atoms with van der Waals surface area (Å²) in [5.74, 6) is -2.38. The van der Waals surface area contributed by atoms with Gasteiger partial charge in [0.25, 0.3) is 0 Å². The lowest BCUT2D eigenvalue weighted by Crippen LogP contribution is -2.29. The lowest BCUT2D eigenvalue weighted by Gasteiger charge is -2.24. The van der Waals surface area contributed by atoms with Crippen molar-refractivity contribution in [3.05, 3.63) is 82.4 Å². The first-order chi connectivity index (χ1) is 21.3. The van der Waals surface area contributed by atoms with Gasteiger partial charge in [-0.25, -0.2) is 9.59 Å². The molecule has 0 spiro atoms. The molecule has 0 bridgehead atoms. The van der Waals surface area contributed by atoms with Crippen LogP contribution in [0, 0.1) is 11.3 Å². The number of hydrogen-bond donors (Lipinski definition) is 0. The lowest BCUT2D eigenvalue weighted by molar-refractivity contribution is -0.140. The van der Waals surface area contributed by atoms with Crippen LogP contribution in [0.3, 0.4) is 0 Å². The van der Waals surface area contributed by atoms with E-state index >= 15 is 0 Å². The van der Waals surface area contributed by atoms with Crippen molar-refractivity contribution in [2.24, 2.45) is 0 Å². The standard InChI is InChI=1S/C34H34F3NO8/c1-32(2,3)45-30(40)28-22(11-15-26(34(35,36)37)29(28)44-31(41)46-33(4,5)6)19-43-24-12-9-21(10-13-24)25-14-8-20(16-23(25)18-38)17-27(39)42-7/h8-16H,17,19H2,1-7H3. The van der Waals surface area contributed by atoms with Crippen LogP contribution in [0.25, 0.3) is 11.1 Å². The topological polar surface area (TPSA) is 121 Å². The molecule has 0 saturated carbocycles. The fourth-order valence-corrected chi connectivity index (χ4v) is 4.16. The molecule has 0 heterocycles. The van der Waals surface area contributed by atoms with Gasteiger partial charge < -0.3 is 23.7 Å². The normalized spacial score (nSPS) is 11.7. The molecule has 9 nitrogen and oxygen atoms in total. The second kappa shape index (κ2) is 13.9. The second-order valence-corrected chi connectivity index (χ2v) is 12.1. The molecule has 0 fully saturated rings. The number of benzene rings is 3. The Morgan fingerprint density at radius 1 is 0.848 bits per heavy atom. The number of nitriles is 1. The van der Waals surface area contributed by atoms with Crippen LogP contribution in [0.2, 0.25) is 0 Å². The number of carbonyl (C=O) groups is 3. The summed E-state index contributed by atoms with van der Waals surface area (Å²) >= 11 is 0. The summed E-state index contributed by atoms with van der Waals surface area (Å²) in [4.78, 5) is 37.4. The molecule has 0 atom stereocenters. The molecular weight excluding hydrogens is 607 g/mol. The number of ether oxygens (including phenoxy) is 5. The van der Waals surface area contributed by atoms with Crippen LogP contribution in [0.4, 0.5) is 18.0 Å². The zero-order chi connectivity index (χ0) is 34.4. The van der Waals surface area contributed by atoms with Gasteiger partial charge >= 0.3 is 24.3 Å². The molecule has 0 N–H and O–H groups in total. The smallest absolute Gasteiger partial charge is 0.489 e. The Labute approximate surface area is 264 Å². The van der Waals surface area contributed by atoms with Gasteiger partial charge in [0.2, 0.25) is 0 Å². The Morgan fingerprint density at radius 3 is 2.02 bits per heavy atom. The number of hydrogen-bond acceptors (Lipinski definition) is 9. The third-order valence-electron chi connectivity index (χ3n) is 6.07. The first kappa shape index (κ1) is 35.4. The number of alkyl halides is 3. The molecule has 0 radical (unpaired) electrons. The van der Waals surface area contributed by atoms with Gasteiger partial charge in [-0.05, 0) is 82.5 Å². The maximum Gasteiger partial charge on any atom is 0.514 e. The van der Waals surface area contributed by atoms with Crippen LogP contribution in [0.5, 0.6) is 11.5 Å². The summed E-state index contributed by atoms with van der Waals surface area (Å²) in [6.45, 7) is 8.72. The molecule has 0 aliphatic rings. The van der Waals surface area contributed by atoms with Gasteiger partial charge in [0, 0.05) is 5.56 Å². The highest BCUT2D eigenvalue weighted by atomic mass is 19.4. The zero-order valence-corrected chi connectivity index (χ0v) is 26.5. The number of esters is 2. The van der Waals surface area contributed by atoms with Gasteiger partial charge in [-0.3, -0.25) is 4.79 Å². The van der Waals surface area contributed by atoms with E-state index in [4.69, 9.17) is 18.9 Å². The lowest BCUT2D eigenvalue weighted by atomic mass is 9.97. The van der Waals surface area contributed by atoms with Crippen molar-refractivity contribution < 1.29 is 51.2 Å². The Morgan fingerprint density at radius 2 is 1.48 bits per heavy atom. The predicted octanol–water partition coefficient (Wildman–Crippen LogP) is 7.81. The average Bonchev–Trinajstić information content (AvgIpc) is 2.93. The van der Waals surface area contributed by atoms with Gasteiger partial charge in [-0.2, -0.15) is 18.4 Å². The third-order valence-corrected chi connectivity index (χ3v) is 6.07. The minimum absolute atomic E-state index is 0.0119. The van der Waals surface area contributed by atoms with Crippen molar-refractivity contribution in [1.82, 2.24) is 0 Å². The molecule has 46 heavy (non-hydrogen) atoms.